The smallest absolute Gasteiger partial charge is 0.338 e. The average Bonchev–Trinajstić information content (AvgIpc) is 2.59. The van der Waals surface area contributed by atoms with E-state index >= 15 is 0 Å². The molecule has 1 N–H and O–H groups in total. The Bertz CT molecular complexity index is 944. The van der Waals surface area contributed by atoms with Crippen LogP contribution in [0.5, 0.6) is 0 Å². The minimum absolute atomic E-state index is 0.0193. The summed E-state index contributed by atoms with van der Waals surface area (Å²) in [5, 5.41) is 9.40. The molecule has 0 saturated heterocycles. The van der Waals surface area contributed by atoms with Gasteiger partial charge in [0.05, 0.1) is 17.7 Å². The van der Waals surface area contributed by atoms with Crippen molar-refractivity contribution < 1.29 is 19.4 Å². The number of rotatable bonds is 4. The summed E-state index contributed by atoms with van der Waals surface area (Å²) in [6.07, 6.45) is 1.03. The third kappa shape index (κ3) is 3.95. The van der Waals surface area contributed by atoms with Crippen LogP contribution in [0.2, 0.25) is 0 Å². The van der Waals surface area contributed by atoms with Crippen LogP contribution in [0.3, 0.4) is 0 Å². The van der Waals surface area contributed by atoms with E-state index in [0.29, 0.717) is 11.1 Å². The second-order valence-electron chi connectivity index (χ2n) is 8.42. The first kappa shape index (κ1) is 20.5. The number of fused-ring (bicyclic) bond motifs is 1. The van der Waals surface area contributed by atoms with Crippen molar-refractivity contribution in [1.29, 1.82) is 0 Å². The lowest BCUT2D eigenvalue weighted by molar-refractivity contribution is 0.0526. The van der Waals surface area contributed by atoms with E-state index in [-0.39, 0.29) is 22.3 Å². The molecule has 0 spiro atoms. The van der Waals surface area contributed by atoms with Crippen molar-refractivity contribution in [3.8, 4) is 11.1 Å². The number of carboxylic acids is 1. The summed E-state index contributed by atoms with van der Waals surface area (Å²) < 4.78 is 5.33. The number of ether oxygens (including phenoxy) is 1. The summed E-state index contributed by atoms with van der Waals surface area (Å²) in [4.78, 5) is 25.2. The number of carboxylic acid groups (broad SMARTS) is 1. The molecule has 1 aliphatic heterocycles. The molecular weight excluding hydrogens is 372 g/mol. The van der Waals surface area contributed by atoms with Gasteiger partial charge in [-0.2, -0.15) is 0 Å². The molecule has 5 heteroatoms. The minimum atomic E-state index is -1.02. The molecule has 0 fully saturated rings. The summed E-state index contributed by atoms with van der Waals surface area (Å²) >= 11 is 1.86. The van der Waals surface area contributed by atoms with Crippen LogP contribution in [0.25, 0.3) is 11.1 Å². The van der Waals surface area contributed by atoms with Crippen molar-refractivity contribution in [2.45, 2.75) is 56.1 Å². The summed E-state index contributed by atoms with van der Waals surface area (Å²) in [7, 11) is 0. The molecule has 28 heavy (non-hydrogen) atoms. The molecule has 3 rings (SSSR count). The fourth-order valence-electron chi connectivity index (χ4n) is 4.11. The Kier molecular flexibility index (Phi) is 5.32. The standard InChI is InChI=1S/C23H26O4S/c1-6-27-21(26)16-9-7-15(20(24)25)11-17(16)14-8-10-19-18(12-14)22(2,3)13-23(4,5)28-19/h7-12H,6,13H2,1-5H3,(H,24,25). The normalized spacial score (nSPS) is 16.9. The third-order valence-electron chi connectivity index (χ3n) is 5.04. The van der Waals surface area contributed by atoms with E-state index in [9.17, 15) is 14.7 Å². The molecule has 1 aliphatic rings. The first-order valence-electron chi connectivity index (χ1n) is 9.42. The minimum Gasteiger partial charge on any atom is -0.478 e. The van der Waals surface area contributed by atoms with Crippen molar-refractivity contribution in [3.05, 3.63) is 53.1 Å². The van der Waals surface area contributed by atoms with Gasteiger partial charge in [-0.15, -0.1) is 11.8 Å². The van der Waals surface area contributed by atoms with Crippen LogP contribution in [0.4, 0.5) is 0 Å². The quantitative estimate of drug-likeness (QED) is 0.661. The predicted octanol–water partition coefficient (Wildman–Crippen LogP) is 5.78. The maximum Gasteiger partial charge on any atom is 0.338 e. The van der Waals surface area contributed by atoms with E-state index in [2.05, 4.69) is 39.8 Å². The van der Waals surface area contributed by atoms with Gasteiger partial charge >= 0.3 is 11.9 Å². The third-order valence-corrected chi connectivity index (χ3v) is 6.31. The summed E-state index contributed by atoms with van der Waals surface area (Å²) in [5.74, 6) is -1.46. The molecule has 0 radical (unpaired) electrons. The van der Waals surface area contributed by atoms with E-state index in [1.54, 1.807) is 19.1 Å². The van der Waals surface area contributed by atoms with Gasteiger partial charge in [-0.3, -0.25) is 0 Å². The molecule has 0 aromatic heterocycles. The lowest BCUT2D eigenvalue weighted by atomic mass is 9.76. The molecule has 0 bridgehead atoms. The summed E-state index contributed by atoms with van der Waals surface area (Å²) in [6.45, 7) is 11.0. The fraction of sp³-hybridized carbons (Fsp3) is 0.391. The number of thioether (sulfide) groups is 1. The van der Waals surface area contributed by atoms with Crippen LogP contribution < -0.4 is 0 Å². The number of hydrogen-bond donors (Lipinski definition) is 1. The highest BCUT2D eigenvalue weighted by Crippen LogP contribution is 2.51. The maximum atomic E-state index is 12.4. The van der Waals surface area contributed by atoms with Gasteiger partial charge in [0.2, 0.25) is 0 Å². The molecule has 0 saturated carbocycles. The highest BCUT2D eigenvalue weighted by molar-refractivity contribution is 8.00. The number of carbonyl (C=O) groups excluding carboxylic acids is 1. The first-order chi connectivity index (χ1) is 13.0. The number of benzene rings is 2. The van der Waals surface area contributed by atoms with Gasteiger partial charge in [-0.25, -0.2) is 9.59 Å². The van der Waals surface area contributed by atoms with Gasteiger partial charge in [0.1, 0.15) is 0 Å². The number of esters is 1. The SMILES string of the molecule is CCOC(=O)c1ccc(C(=O)O)cc1-c1ccc2c(c1)C(C)(C)CC(C)(C)S2. The highest BCUT2D eigenvalue weighted by Gasteiger charge is 2.38. The number of hydrogen-bond acceptors (Lipinski definition) is 4. The zero-order valence-electron chi connectivity index (χ0n) is 17.0. The summed E-state index contributed by atoms with van der Waals surface area (Å²) in [6, 6.07) is 10.7. The highest BCUT2D eigenvalue weighted by atomic mass is 32.2. The molecule has 0 atom stereocenters. The summed E-state index contributed by atoms with van der Waals surface area (Å²) in [5.41, 5.74) is 3.16. The van der Waals surface area contributed by atoms with Gasteiger partial charge in [0.15, 0.2) is 0 Å². The van der Waals surface area contributed by atoms with E-state index in [4.69, 9.17) is 4.74 Å². The monoisotopic (exact) mass is 398 g/mol. The van der Waals surface area contributed by atoms with Gasteiger partial charge in [-0.05, 0) is 65.8 Å². The predicted molar refractivity (Wildman–Crippen MR) is 112 cm³/mol. The van der Waals surface area contributed by atoms with E-state index < -0.39 is 11.9 Å². The van der Waals surface area contributed by atoms with Crippen LogP contribution in [0.1, 0.15) is 67.3 Å². The number of carbonyl (C=O) groups is 2. The zero-order valence-corrected chi connectivity index (χ0v) is 17.8. The van der Waals surface area contributed by atoms with Gasteiger partial charge in [0, 0.05) is 9.64 Å². The van der Waals surface area contributed by atoms with Crippen molar-refractivity contribution in [2.24, 2.45) is 0 Å². The molecule has 0 unspecified atom stereocenters. The second-order valence-corrected chi connectivity index (χ2v) is 10.2. The Balaban J connectivity index is 2.17. The van der Waals surface area contributed by atoms with Crippen LogP contribution in [0.15, 0.2) is 41.3 Å². The topological polar surface area (TPSA) is 63.6 Å². The van der Waals surface area contributed by atoms with Crippen LogP contribution in [-0.4, -0.2) is 28.4 Å². The molecule has 148 valence electrons. The molecule has 1 heterocycles. The molecule has 2 aromatic carbocycles. The van der Waals surface area contributed by atoms with Gasteiger partial charge in [0.25, 0.3) is 0 Å². The molecule has 2 aromatic rings. The molecular formula is C23H26O4S. The Morgan fingerprint density at radius 3 is 2.46 bits per heavy atom. The van der Waals surface area contributed by atoms with E-state index in [1.165, 1.54) is 16.5 Å². The van der Waals surface area contributed by atoms with Gasteiger partial charge in [-0.1, -0.05) is 33.8 Å². The lowest BCUT2D eigenvalue weighted by Gasteiger charge is -2.42. The van der Waals surface area contributed by atoms with Crippen molar-refractivity contribution in [3.63, 3.8) is 0 Å². The van der Waals surface area contributed by atoms with Gasteiger partial charge < -0.3 is 9.84 Å². The first-order valence-corrected chi connectivity index (χ1v) is 10.2. The Morgan fingerprint density at radius 2 is 1.82 bits per heavy atom. The molecule has 0 amide bonds. The van der Waals surface area contributed by atoms with Crippen molar-refractivity contribution >= 4 is 23.7 Å². The van der Waals surface area contributed by atoms with Crippen LogP contribution in [-0.2, 0) is 10.2 Å². The zero-order chi connectivity index (χ0) is 20.7. The van der Waals surface area contributed by atoms with Crippen molar-refractivity contribution in [1.82, 2.24) is 0 Å². The number of aromatic carboxylic acids is 1. The van der Waals surface area contributed by atoms with Crippen molar-refractivity contribution in [2.75, 3.05) is 6.61 Å². The molecule has 0 aliphatic carbocycles. The largest absolute Gasteiger partial charge is 0.478 e. The van der Waals surface area contributed by atoms with E-state index in [0.717, 1.165) is 12.0 Å². The molecule has 4 nitrogen and oxygen atoms in total. The Labute approximate surface area is 170 Å². The van der Waals surface area contributed by atoms with Crippen LogP contribution in [0, 0.1) is 0 Å². The second kappa shape index (κ2) is 7.28. The average molecular weight is 399 g/mol. The Morgan fingerprint density at radius 1 is 1.11 bits per heavy atom. The van der Waals surface area contributed by atoms with E-state index in [1.807, 2.05) is 17.8 Å². The Hall–Kier alpha value is -2.27. The lowest BCUT2D eigenvalue weighted by Crippen LogP contribution is -2.33. The fourth-order valence-corrected chi connectivity index (χ4v) is 5.72. The maximum absolute atomic E-state index is 12.4. The van der Waals surface area contributed by atoms with Crippen LogP contribution >= 0.6 is 11.8 Å².